The highest BCUT2D eigenvalue weighted by atomic mass is 14.3. The number of benzene rings is 12. The van der Waals surface area contributed by atoms with Crippen LogP contribution in [0.25, 0.3) is 76.1 Å². The monoisotopic (exact) mass is 870 g/mol. The van der Waals surface area contributed by atoms with E-state index in [1.165, 1.54) is 143 Å². The van der Waals surface area contributed by atoms with Crippen molar-refractivity contribution in [3.8, 4) is 22.3 Å². The lowest BCUT2D eigenvalue weighted by molar-refractivity contribution is 0.960. The maximum absolute atomic E-state index is 2.52. The Morgan fingerprint density at radius 3 is 0.956 bits per heavy atom. The number of fused-ring (bicyclic) bond motifs is 2. The predicted octanol–water partition coefficient (Wildman–Crippen LogP) is 18.4. The molecule has 0 heterocycles. The van der Waals surface area contributed by atoms with Gasteiger partial charge in [0.1, 0.15) is 0 Å². The van der Waals surface area contributed by atoms with Crippen LogP contribution >= 0.6 is 0 Å². The molecule has 0 aliphatic carbocycles. The van der Waals surface area contributed by atoms with Gasteiger partial charge in [0.05, 0.1) is 0 Å². The molecule has 0 radical (unpaired) electrons. The molecular formula is C68H54. The zero-order chi connectivity index (χ0) is 46.2. The summed E-state index contributed by atoms with van der Waals surface area (Å²) in [4.78, 5) is 0. The molecule has 2 atom stereocenters. The van der Waals surface area contributed by atoms with Gasteiger partial charge in [-0.25, -0.2) is 0 Å². The van der Waals surface area contributed by atoms with Crippen LogP contribution in [0.3, 0.4) is 0 Å². The summed E-state index contributed by atoms with van der Waals surface area (Å²) in [6.07, 6.45) is 0. The SMILES string of the molecule is Cc1ccc(-c2ccccc2)cc1C(c1cc2ccccc2cc1C)c1cc(C)c2ccc3c(C(c4cc(-c5ccccc5)ccc4C)c4cc5ccccc5cc4C)cc(C)c4ccc1c2c43. The predicted molar refractivity (Wildman–Crippen MR) is 292 cm³/mol. The van der Waals surface area contributed by atoms with Gasteiger partial charge in [0.15, 0.2) is 0 Å². The molecule has 0 bridgehead atoms. The molecular weight excluding hydrogens is 817 g/mol. The van der Waals surface area contributed by atoms with Gasteiger partial charge < -0.3 is 0 Å². The van der Waals surface area contributed by atoms with E-state index in [0.717, 1.165) is 0 Å². The summed E-state index contributed by atoms with van der Waals surface area (Å²) in [5.74, 6) is -0.0213. The number of hydrogen-bond acceptors (Lipinski definition) is 0. The van der Waals surface area contributed by atoms with Crippen LogP contribution in [0.1, 0.15) is 78.6 Å². The van der Waals surface area contributed by atoms with E-state index >= 15 is 0 Å². The Morgan fingerprint density at radius 2 is 0.559 bits per heavy atom. The molecule has 2 unspecified atom stereocenters. The van der Waals surface area contributed by atoms with Crippen molar-refractivity contribution in [1.82, 2.24) is 0 Å². The molecule has 0 saturated heterocycles. The number of rotatable bonds is 8. The van der Waals surface area contributed by atoms with Crippen LogP contribution in [-0.2, 0) is 0 Å². The maximum Gasteiger partial charge on any atom is 0.0351 e. The standard InChI is InChI=1S/C68H54/c1-41-25-27-53(47-17-9-7-10-18-47)39-59(41)65(61-37-51-23-15-13-21-49(51)33-43(61)3)63-35-45(5)55-30-32-58-64(36-46(6)56-29-31-57(63)67(55)68(56)58)66(62-38-52-24-16-14-22-50(52)34-44(62)4)60-40-54(28-26-42(60)2)48-19-11-8-12-20-48/h7-40,65-66H,1-6H3. The van der Waals surface area contributed by atoms with E-state index in [4.69, 9.17) is 0 Å². The van der Waals surface area contributed by atoms with E-state index in [9.17, 15) is 0 Å². The molecule has 0 saturated carbocycles. The first-order valence-electron chi connectivity index (χ1n) is 24.2. The first-order valence-corrected chi connectivity index (χ1v) is 24.2. The third-order valence-electron chi connectivity index (χ3n) is 15.3. The topological polar surface area (TPSA) is 0 Å². The summed E-state index contributed by atoms with van der Waals surface area (Å²) in [6.45, 7) is 13.9. The zero-order valence-corrected chi connectivity index (χ0v) is 39.8. The molecule has 0 nitrogen and oxygen atoms in total. The van der Waals surface area contributed by atoms with Crippen LogP contribution in [0.15, 0.2) is 206 Å². The fourth-order valence-corrected chi connectivity index (χ4v) is 11.8. The van der Waals surface area contributed by atoms with Crippen molar-refractivity contribution in [1.29, 1.82) is 0 Å². The summed E-state index contributed by atoms with van der Waals surface area (Å²) in [5.41, 5.74) is 20.9. The van der Waals surface area contributed by atoms with Crippen molar-refractivity contribution in [2.45, 2.75) is 53.4 Å². The average molecular weight is 871 g/mol. The van der Waals surface area contributed by atoms with Crippen LogP contribution in [0.5, 0.6) is 0 Å². The molecule has 0 aromatic heterocycles. The highest BCUT2D eigenvalue weighted by molar-refractivity contribution is 6.25. The highest BCUT2D eigenvalue weighted by Crippen LogP contribution is 2.49. The summed E-state index contributed by atoms with van der Waals surface area (Å²) < 4.78 is 0. The Morgan fingerprint density at radius 1 is 0.221 bits per heavy atom. The third-order valence-corrected chi connectivity index (χ3v) is 15.3. The van der Waals surface area contributed by atoms with Crippen molar-refractivity contribution in [3.63, 3.8) is 0 Å². The van der Waals surface area contributed by atoms with Gasteiger partial charge in [0.2, 0.25) is 0 Å². The molecule has 0 aliphatic rings. The van der Waals surface area contributed by atoms with Crippen LogP contribution in [-0.4, -0.2) is 0 Å². The van der Waals surface area contributed by atoms with Gasteiger partial charge >= 0.3 is 0 Å². The Hall–Kier alpha value is -7.80. The fraction of sp³-hybridized carbons (Fsp3) is 0.118. The van der Waals surface area contributed by atoms with Crippen molar-refractivity contribution in [2.24, 2.45) is 0 Å². The Labute approximate surface area is 400 Å². The Balaban J connectivity index is 1.16. The molecule has 0 N–H and O–H groups in total. The van der Waals surface area contributed by atoms with E-state index in [-0.39, 0.29) is 11.8 Å². The smallest absolute Gasteiger partial charge is 0.0351 e. The maximum atomic E-state index is 2.52. The van der Waals surface area contributed by atoms with Gasteiger partial charge in [-0.1, -0.05) is 182 Å². The van der Waals surface area contributed by atoms with E-state index in [0.29, 0.717) is 0 Å². The first-order chi connectivity index (χ1) is 33.2. The molecule has 0 spiro atoms. The second kappa shape index (κ2) is 16.5. The summed E-state index contributed by atoms with van der Waals surface area (Å²) >= 11 is 0. The Bertz CT molecular complexity index is 3650. The van der Waals surface area contributed by atoms with Gasteiger partial charge in [-0.15, -0.1) is 0 Å². The van der Waals surface area contributed by atoms with Crippen molar-refractivity contribution >= 4 is 53.9 Å². The molecule has 12 aromatic rings. The summed E-state index contributed by atoms with van der Waals surface area (Å²) in [6, 6.07) is 78.2. The largest absolute Gasteiger partial charge is 0.0622 e. The second-order valence-electron chi connectivity index (χ2n) is 19.5. The molecule has 0 heteroatoms. The van der Waals surface area contributed by atoms with Gasteiger partial charge in [-0.2, -0.15) is 0 Å². The van der Waals surface area contributed by atoms with Crippen molar-refractivity contribution in [2.75, 3.05) is 0 Å². The number of aryl methyl sites for hydroxylation is 6. The van der Waals surface area contributed by atoms with Crippen LogP contribution < -0.4 is 0 Å². The van der Waals surface area contributed by atoms with Crippen LogP contribution in [0.4, 0.5) is 0 Å². The second-order valence-corrected chi connectivity index (χ2v) is 19.5. The molecule has 0 fully saturated rings. The first kappa shape index (κ1) is 41.6. The normalized spacial score (nSPS) is 12.7. The van der Waals surface area contributed by atoms with Crippen molar-refractivity contribution < 1.29 is 0 Å². The number of hydrogen-bond donors (Lipinski definition) is 0. The van der Waals surface area contributed by atoms with E-state index in [1.807, 2.05) is 0 Å². The van der Waals surface area contributed by atoms with Crippen LogP contribution in [0, 0.1) is 41.5 Å². The van der Waals surface area contributed by atoms with Gasteiger partial charge in [-0.3, -0.25) is 0 Å². The minimum atomic E-state index is -0.0107. The van der Waals surface area contributed by atoms with Gasteiger partial charge in [-0.05, 0) is 209 Å². The average Bonchev–Trinajstić information content (AvgIpc) is 3.36. The van der Waals surface area contributed by atoms with Gasteiger partial charge in [0.25, 0.3) is 0 Å². The van der Waals surface area contributed by atoms with E-state index in [2.05, 4.69) is 248 Å². The molecule has 0 aliphatic heterocycles. The minimum Gasteiger partial charge on any atom is -0.0622 e. The molecule has 12 aromatic carbocycles. The van der Waals surface area contributed by atoms with E-state index < -0.39 is 0 Å². The quantitative estimate of drug-likeness (QED) is 0.105. The van der Waals surface area contributed by atoms with Crippen molar-refractivity contribution in [3.05, 3.63) is 273 Å². The van der Waals surface area contributed by atoms with E-state index in [1.54, 1.807) is 0 Å². The molecule has 12 rings (SSSR count). The summed E-state index contributed by atoms with van der Waals surface area (Å²) in [7, 11) is 0. The van der Waals surface area contributed by atoms with Gasteiger partial charge in [0, 0.05) is 11.8 Å². The lowest BCUT2D eigenvalue weighted by Gasteiger charge is -2.29. The lowest BCUT2D eigenvalue weighted by Crippen LogP contribution is -2.10. The zero-order valence-electron chi connectivity index (χ0n) is 39.8. The molecule has 326 valence electrons. The molecule has 0 amide bonds. The summed E-state index contributed by atoms with van der Waals surface area (Å²) in [5, 5.41) is 13.1. The van der Waals surface area contributed by atoms with Crippen LogP contribution in [0.2, 0.25) is 0 Å². The fourth-order valence-electron chi connectivity index (χ4n) is 11.8. The third kappa shape index (κ3) is 6.89. The lowest BCUT2D eigenvalue weighted by atomic mass is 9.74. The Kier molecular flexibility index (Phi) is 10.1. The molecule has 68 heavy (non-hydrogen) atoms. The minimum absolute atomic E-state index is 0.0107. The highest BCUT2D eigenvalue weighted by Gasteiger charge is 2.29.